The molecule has 0 fully saturated rings. The summed E-state index contributed by atoms with van der Waals surface area (Å²) in [6, 6.07) is 10.6. The van der Waals surface area contributed by atoms with E-state index >= 15 is 0 Å². The topological polar surface area (TPSA) is 25.2 Å². The minimum Gasteiger partial charge on any atom is -0.463 e. The molecule has 3 aromatic rings. The summed E-state index contributed by atoms with van der Waals surface area (Å²) >= 11 is 3.67. The molecule has 0 saturated heterocycles. The van der Waals surface area contributed by atoms with E-state index in [0.29, 0.717) is 0 Å². The van der Waals surface area contributed by atoms with Gasteiger partial charge in [-0.2, -0.15) is 0 Å². The van der Waals surface area contributed by atoms with Gasteiger partial charge in [0, 0.05) is 23.0 Å². The van der Waals surface area contributed by atoms with Gasteiger partial charge in [-0.3, -0.25) is 0 Å². The first-order chi connectivity index (χ1) is 9.46. The highest BCUT2D eigenvalue weighted by molar-refractivity contribution is 9.10. The van der Waals surface area contributed by atoms with Crippen molar-refractivity contribution >= 4 is 37.7 Å². The zero-order chi connectivity index (χ0) is 14.3. The first kappa shape index (κ1) is 13.7. The van der Waals surface area contributed by atoms with Gasteiger partial charge in [0.05, 0.1) is 10.7 Å². The maximum atomic E-state index is 5.77. The van der Waals surface area contributed by atoms with Crippen LogP contribution in [0.5, 0.6) is 0 Å². The number of fused-ring (bicyclic) bond motifs is 2. The van der Waals surface area contributed by atoms with Crippen LogP contribution in [0.3, 0.4) is 0 Å². The van der Waals surface area contributed by atoms with Crippen molar-refractivity contribution in [2.75, 3.05) is 0 Å². The molecule has 20 heavy (non-hydrogen) atoms. The lowest BCUT2D eigenvalue weighted by molar-refractivity contribution is 0.423. The van der Waals surface area contributed by atoms with Gasteiger partial charge in [0.1, 0.15) is 5.58 Å². The molecule has 0 unspecified atom stereocenters. The predicted octanol–water partition coefficient (Wildman–Crippen LogP) is 5.24. The Morgan fingerprint density at radius 2 is 1.90 bits per heavy atom. The third-order valence-electron chi connectivity index (χ3n) is 3.42. The SMILES string of the molecule is CC(C)(C)NCc1coc2c(Br)c3ccccc3cc12. The maximum Gasteiger partial charge on any atom is 0.149 e. The van der Waals surface area contributed by atoms with Crippen molar-refractivity contribution in [3.63, 3.8) is 0 Å². The number of nitrogens with one attached hydrogen (secondary N) is 1. The van der Waals surface area contributed by atoms with Crippen LogP contribution in [-0.4, -0.2) is 5.54 Å². The van der Waals surface area contributed by atoms with Crippen molar-refractivity contribution in [1.29, 1.82) is 0 Å². The Kier molecular flexibility index (Phi) is 3.35. The monoisotopic (exact) mass is 331 g/mol. The van der Waals surface area contributed by atoms with Gasteiger partial charge in [-0.1, -0.05) is 24.3 Å². The predicted molar refractivity (Wildman–Crippen MR) is 88.0 cm³/mol. The Morgan fingerprint density at radius 1 is 1.15 bits per heavy atom. The van der Waals surface area contributed by atoms with Gasteiger partial charge in [-0.15, -0.1) is 0 Å². The van der Waals surface area contributed by atoms with E-state index in [0.717, 1.165) is 16.6 Å². The molecule has 3 heteroatoms. The smallest absolute Gasteiger partial charge is 0.149 e. The molecule has 0 atom stereocenters. The van der Waals surface area contributed by atoms with E-state index in [1.54, 1.807) is 0 Å². The van der Waals surface area contributed by atoms with Crippen LogP contribution in [0.15, 0.2) is 45.5 Å². The zero-order valence-electron chi connectivity index (χ0n) is 12.0. The van der Waals surface area contributed by atoms with Gasteiger partial charge in [0.25, 0.3) is 0 Å². The van der Waals surface area contributed by atoms with Crippen LogP contribution in [0.1, 0.15) is 26.3 Å². The van der Waals surface area contributed by atoms with Crippen molar-refractivity contribution in [2.24, 2.45) is 0 Å². The molecule has 0 aliphatic carbocycles. The van der Waals surface area contributed by atoms with Crippen LogP contribution in [0.25, 0.3) is 21.7 Å². The second-order valence-corrected chi connectivity index (χ2v) is 6.95. The Labute approximate surface area is 127 Å². The molecule has 0 spiro atoms. The molecule has 1 N–H and O–H groups in total. The second kappa shape index (κ2) is 4.90. The average Bonchev–Trinajstić information content (AvgIpc) is 2.79. The number of hydrogen-bond donors (Lipinski definition) is 1. The first-order valence-corrected chi connectivity index (χ1v) is 7.57. The standard InChI is InChI=1S/C17H18BrNO/c1-17(2,3)19-9-12-10-20-16-14(12)8-11-6-4-5-7-13(11)15(16)18/h4-8,10,19H,9H2,1-3H3. The van der Waals surface area contributed by atoms with Crippen molar-refractivity contribution in [1.82, 2.24) is 5.32 Å². The highest BCUT2D eigenvalue weighted by Gasteiger charge is 2.14. The summed E-state index contributed by atoms with van der Waals surface area (Å²) in [7, 11) is 0. The number of halogens is 1. The van der Waals surface area contributed by atoms with Gasteiger partial charge in [-0.25, -0.2) is 0 Å². The molecule has 0 saturated carbocycles. The van der Waals surface area contributed by atoms with Crippen LogP contribution >= 0.6 is 15.9 Å². The van der Waals surface area contributed by atoms with Crippen molar-refractivity contribution in [3.8, 4) is 0 Å². The van der Waals surface area contributed by atoms with Crippen molar-refractivity contribution < 1.29 is 4.42 Å². The molecule has 1 aromatic heterocycles. The molecule has 2 aromatic carbocycles. The molecule has 0 amide bonds. The number of rotatable bonds is 2. The number of benzene rings is 2. The Morgan fingerprint density at radius 3 is 2.65 bits per heavy atom. The maximum absolute atomic E-state index is 5.77. The van der Waals surface area contributed by atoms with Crippen LogP contribution in [0.4, 0.5) is 0 Å². The normalized spacial score (nSPS) is 12.4. The van der Waals surface area contributed by atoms with Gasteiger partial charge in [-0.05, 0) is 53.5 Å². The molecule has 0 aliphatic rings. The molecule has 0 aliphatic heterocycles. The Bertz CT molecular complexity index is 768. The van der Waals surface area contributed by atoms with Gasteiger partial charge >= 0.3 is 0 Å². The minimum absolute atomic E-state index is 0.0949. The Hall–Kier alpha value is -1.32. The molecule has 3 rings (SSSR count). The van der Waals surface area contributed by atoms with Crippen LogP contribution in [-0.2, 0) is 6.54 Å². The van der Waals surface area contributed by atoms with E-state index in [2.05, 4.69) is 66.3 Å². The highest BCUT2D eigenvalue weighted by Crippen LogP contribution is 2.35. The van der Waals surface area contributed by atoms with Crippen LogP contribution in [0, 0.1) is 0 Å². The zero-order valence-corrected chi connectivity index (χ0v) is 13.5. The molecular weight excluding hydrogens is 314 g/mol. The van der Waals surface area contributed by atoms with Crippen molar-refractivity contribution in [2.45, 2.75) is 32.9 Å². The lowest BCUT2D eigenvalue weighted by atomic mass is 10.0. The van der Waals surface area contributed by atoms with E-state index in [-0.39, 0.29) is 5.54 Å². The largest absolute Gasteiger partial charge is 0.463 e. The summed E-state index contributed by atoms with van der Waals surface area (Å²) in [6.45, 7) is 7.31. The summed E-state index contributed by atoms with van der Waals surface area (Å²) in [4.78, 5) is 0. The van der Waals surface area contributed by atoms with E-state index in [9.17, 15) is 0 Å². The first-order valence-electron chi connectivity index (χ1n) is 6.78. The van der Waals surface area contributed by atoms with E-state index in [1.807, 2.05) is 12.3 Å². The van der Waals surface area contributed by atoms with E-state index in [4.69, 9.17) is 4.42 Å². The van der Waals surface area contributed by atoms with Gasteiger partial charge in [0.2, 0.25) is 0 Å². The van der Waals surface area contributed by atoms with Crippen LogP contribution < -0.4 is 5.32 Å². The molecule has 0 bridgehead atoms. The second-order valence-electron chi connectivity index (χ2n) is 6.15. The molecular formula is C17H18BrNO. The third-order valence-corrected chi connectivity index (χ3v) is 4.20. The fourth-order valence-electron chi connectivity index (χ4n) is 2.33. The lowest BCUT2D eigenvalue weighted by Crippen LogP contribution is -2.34. The fraction of sp³-hybridized carbons (Fsp3) is 0.294. The summed E-state index contributed by atoms with van der Waals surface area (Å²) < 4.78 is 6.80. The summed E-state index contributed by atoms with van der Waals surface area (Å²) in [6.07, 6.45) is 1.85. The number of furan rings is 1. The van der Waals surface area contributed by atoms with E-state index < -0.39 is 0 Å². The van der Waals surface area contributed by atoms with Gasteiger partial charge < -0.3 is 9.73 Å². The molecule has 1 heterocycles. The van der Waals surface area contributed by atoms with E-state index in [1.165, 1.54) is 21.7 Å². The minimum atomic E-state index is 0.0949. The Balaban J connectivity index is 2.12. The summed E-state index contributed by atoms with van der Waals surface area (Å²) in [5.41, 5.74) is 2.22. The molecule has 0 radical (unpaired) electrons. The quantitative estimate of drug-likeness (QED) is 0.694. The third kappa shape index (κ3) is 2.48. The van der Waals surface area contributed by atoms with Crippen molar-refractivity contribution in [3.05, 3.63) is 46.6 Å². The average molecular weight is 332 g/mol. The number of hydrogen-bond acceptors (Lipinski definition) is 2. The molecule has 104 valence electrons. The van der Waals surface area contributed by atoms with Crippen LogP contribution in [0.2, 0.25) is 0 Å². The summed E-state index contributed by atoms with van der Waals surface area (Å²) in [5.74, 6) is 0. The summed E-state index contributed by atoms with van der Waals surface area (Å²) in [5, 5.41) is 7.09. The lowest BCUT2D eigenvalue weighted by Gasteiger charge is -2.20. The fourth-order valence-corrected chi connectivity index (χ4v) is 3.00. The highest BCUT2D eigenvalue weighted by atomic mass is 79.9. The van der Waals surface area contributed by atoms with Gasteiger partial charge in [0.15, 0.2) is 0 Å². The molecule has 2 nitrogen and oxygen atoms in total.